The molecule has 3 saturated carbocycles. The van der Waals surface area contributed by atoms with Crippen LogP contribution in [0, 0.1) is 11.8 Å². The molecule has 3 fully saturated rings. The zero-order chi connectivity index (χ0) is 9.26. The Hall–Kier alpha value is -0.180. The van der Waals surface area contributed by atoms with Crippen LogP contribution in [0.1, 0.15) is 32.1 Å². The summed E-state index contributed by atoms with van der Waals surface area (Å²) in [7, 11) is 0. The molecule has 0 spiro atoms. The van der Waals surface area contributed by atoms with Gasteiger partial charge in [-0.3, -0.25) is 0 Å². The van der Waals surface area contributed by atoms with Crippen molar-refractivity contribution >= 4 is 0 Å². The Morgan fingerprint density at radius 3 is 2.31 bits per heavy atom. The fourth-order valence-electron chi connectivity index (χ4n) is 2.87. The summed E-state index contributed by atoms with van der Waals surface area (Å²) in [6, 6.07) is 0.390. The van der Waals surface area contributed by atoms with Gasteiger partial charge in [0.1, 0.15) is 0 Å². The molecule has 2 bridgehead atoms. The van der Waals surface area contributed by atoms with E-state index in [1.165, 1.54) is 25.7 Å². The van der Waals surface area contributed by atoms with E-state index in [1.54, 1.807) is 0 Å². The highest BCUT2D eigenvalue weighted by atomic mass is 19.3. The summed E-state index contributed by atoms with van der Waals surface area (Å²) in [4.78, 5) is 0. The first-order valence-electron chi connectivity index (χ1n) is 5.27. The minimum absolute atomic E-state index is 0.117. The zero-order valence-electron chi connectivity index (χ0n) is 7.81. The topological polar surface area (TPSA) is 12.0 Å². The van der Waals surface area contributed by atoms with E-state index in [0.29, 0.717) is 12.0 Å². The smallest absolute Gasteiger partial charge is 0.250 e. The van der Waals surface area contributed by atoms with Crippen molar-refractivity contribution in [3.05, 3.63) is 0 Å². The number of halogens is 2. The Bertz CT molecular complexity index is 164. The summed E-state index contributed by atoms with van der Waals surface area (Å²) in [5.41, 5.74) is 0. The van der Waals surface area contributed by atoms with E-state index in [-0.39, 0.29) is 6.54 Å². The Morgan fingerprint density at radius 1 is 1.15 bits per heavy atom. The van der Waals surface area contributed by atoms with Crippen LogP contribution < -0.4 is 5.32 Å². The molecular weight excluding hydrogens is 172 g/mol. The van der Waals surface area contributed by atoms with E-state index in [4.69, 9.17) is 0 Å². The van der Waals surface area contributed by atoms with Crippen LogP contribution in [0.5, 0.6) is 0 Å². The van der Waals surface area contributed by atoms with Gasteiger partial charge < -0.3 is 5.32 Å². The molecule has 1 nitrogen and oxygen atoms in total. The summed E-state index contributed by atoms with van der Waals surface area (Å²) in [5.74, 6) is 1.50. The maximum absolute atomic E-state index is 12.0. The summed E-state index contributed by atoms with van der Waals surface area (Å²) in [6.07, 6.45) is 4.12. The van der Waals surface area contributed by atoms with Crippen LogP contribution in [0.4, 0.5) is 8.78 Å². The Kier molecular flexibility index (Phi) is 2.82. The first-order valence-corrected chi connectivity index (χ1v) is 5.27. The molecule has 1 N–H and O–H groups in total. The third-order valence-electron chi connectivity index (χ3n) is 3.58. The lowest BCUT2D eigenvalue weighted by molar-refractivity contribution is 0.0933. The molecule has 1 unspecified atom stereocenters. The van der Waals surface area contributed by atoms with Crippen LogP contribution in [0.25, 0.3) is 0 Å². The fourth-order valence-corrected chi connectivity index (χ4v) is 2.87. The van der Waals surface area contributed by atoms with Crippen molar-refractivity contribution in [2.45, 2.75) is 44.6 Å². The second-order valence-corrected chi connectivity index (χ2v) is 4.42. The Balaban J connectivity index is 1.80. The summed E-state index contributed by atoms with van der Waals surface area (Å²) in [6.45, 7) is -0.117. The molecule has 3 aliphatic rings. The fraction of sp³-hybridized carbons (Fsp3) is 1.00. The van der Waals surface area contributed by atoms with Gasteiger partial charge >= 0.3 is 0 Å². The van der Waals surface area contributed by atoms with Gasteiger partial charge in [-0.15, -0.1) is 0 Å². The van der Waals surface area contributed by atoms with Crippen LogP contribution in [0.15, 0.2) is 0 Å². The number of rotatable bonds is 3. The van der Waals surface area contributed by atoms with Gasteiger partial charge in [0.25, 0.3) is 6.43 Å². The number of fused-ring (bicyclic) bond motifs is 3. The van der Waals surface area contributed by atoms with Crippen molar-refractivity contribution in [3.63, 3.8) is 0 Å². The van der Waals surface area contributed by atoms with Gasteiger partial charge in [0.15, 0.2) is 0 Å². The molecule has 13 heavy (non-hydrogen) atoms. The molecule has 1 atom stereocenters. The lowest BCUT2D eigenvalue weighted by Gasteiger charge is -2.42. The van der Waals surface area contributed by atoms with Crippen LogP contribution in [0.2, 0.25) is 0 Å². The predicted molar refractivity (Wildman–Crippen MR) is 47.9 cm³/mol. The van der Waals surface area contributed by atoms with Crippen molar-refractivity contribution in [1.82, 2.24) is 5.32 Å². The van der Waals surface area contributed by atoms with E-state index in [9.17, 15) is 8.78 Å². The molecule has 3 rings (SSSR count). The molecule has 0 aromatic rings. The second-order valence-electron chi connectivity index (χ2n) is 4.42. The lowest BCUT2D eigenvalue weighted by atomic mass is 9.68. The Labute approximate surface area is 77.9 Å². The first kappa shape index (κ1) is 9.38. The molecule has 0 aliphatic heterocycles. The normalized spacial score (nSPS) is 38.5. The molecule has 0 heterocycles. The number of nitrogens with one attached hydrogen (secondary N) is 1. The van der Waals surface area contributed by atoms with Gasteiger partial charge in [0, 0.05) is 6.04 Å². The second kappa shape index (κ2) is 3.91. The highest BCUT2D eigenvalue weighted by molar-refractivity contribution is 4.90. The van der Waals surface area contributed by atoms with Gasteiger partial charge in [0.05, 0.1) is 6.54 Å². The highest BCUT2D eigenvalue weighted by Gasteiger charge is 2.35. The Morgan fingerprint density at radius 2 is 1.85 bits per heavy atom. The average molecular weight is 189 g/mol. The zero-order valence-corrected chi connectivity index (χ0v) is 7.81. The van der Waals surface area contributed by atoms with Crippen molar-refractivity contribution < 1.29 is 8.78 Å². The molecule has 3 heteroatoms. The van der Waals surface area contributed by atoms with E-state index in [2.05, 4.69) is 5.32 Å². The number of hydrogen-bond acceptors (Lipinski definition) is 1. The SMILES string of the molecule is FC(F)CNC1CC2CCC1CC2. The maximum atomic E-state index is 12.0. The van der Waals surface area contributed by atoms with E-state index in [1.807, 2.05) is 0 Å². The summed E-state index contributed by atoms with van der Waals surface area (Å²) >= 11 is 0. The van der Waals surface area contributed by atoms with Gasteiger partial charge in [-0.05, 0) is 31.1 Å². The number of alkyl halides is 2. The van der Waals surface area contributed by atoms with Crippen LogP contribution in [0.3, 0.4) is 0 Å². The summed E-state index contributed by atoms with van der Waals surface area (Å²) in [5, 5.41) is 3.00. The van der Waals surface area contributed by atoms with Crippen molar-refractivity contribution in [1.29, 1.82) is 0 Å². The van der Waals surface area contributed by atoms with Crippen LogP contribution >= 0.6 is 0 Å². The number of hydrogen-bond donors (Lipinski definition) is 1. The third kappa shape index (κ3) is 2.19. The lowest BCUT2D eigenvalue weighted by Crippen LogP contribution is -2.46. The molecule has 76 valence electrons. The molecular formula is C10H17F2N. The molecule has 3 aliphatic carbocycles. The van der Waals surface area contributed by atoms with E-state index >= 15 is 0 Å². The maximum Gasteiger partial charge on any atom is 0.250 e. The highest BCUT2D eigenvalue weighted by Crippen LogP contribution is 2.41. The van der Waals surface area contributed by atoms with Gasteiger partial charge in [-0.1, -0.05) is 12.8 Å². The van der Waals surface area contributed by atoms with Crippen molar-refractivity contribution in [2.75, 3.05) is 6.54 Å². The van der Waals surface area contributed by atoms with E-state index < -0.39 is 6.43 Å². The predicted octanol–water partition coefficient (Wildman–Crippen LogP) is 2.42. The minimum atomic E-state index is -2.19. The first-order chi connectivity index (χ1) is 6.25. The van der Waals surface area contributed by atoms with Crippen molar-refractivity contribution in [2.24, 2.45) is 11.8 Å². The van der Waals surface area contributed by atoms with Crippen molar-refractivity contribution in [3.8, 4) is 0 Å². The van der Waals surface area contributed by atoms with Crippen LogP contribution in [-0.2, 0) is 0 Å². The third-order valence-corrected chi connectivity index (χ3v) is 3.58. The monoisotopic (exact) mass is 189 g/mol. The molecule has 0 aromatic heterocycles. The molecule has 0 aromatic carbocycles. The van der Waals surface area contributed by atoms with Gasteiger partial charge in [-0.2, -0.15) is 0 Å². The average Bonchev–Trinajstić information content (AvgIpc) is 2.17. The van der Waals surface area contributed by atoms with Gasteiger partial charge in [0.2, 0.25) is 0 Å². The van der Waals surface area contributed by atoms with Gasteiger partial charge in [-0.25, -0.2) is 8.78 Å². The standard InChI is InChI=1S/C10H17F2N/c11-10(12)6-13-9-5-7-1-3-8(9)4-2-7/h7-10,13H,1-6H2. The largest absolute Gasteiger partial charge is 0.308 e. The quantitative estimate of drug-likeness (QED) is 0.719. The summed E-state index contributed by atoms with van der Waals surface area (Å²) < 4.78 is 23.9. The molecule has 0 radical (unpaired) electrons. The van der Waals surface area contributed by atoms with E-state index in [0.717, 1.165) is 12.3 Å². The molecule has 0 amide bonds. The van der Waals surface area contributed by atoms with Crippen LogP contribution in [-0.4, -0.2) is 19.0 Å². The molecule has 0 saturated heterocycles. The minimum Gasteiger partial charge on any atom is -0.308 e.